The molecule has 0 radical (unpaired) electrons. The molecule has 0 aliphatic heterocycles. The summed E-state index contributed by atoms with van der Waals surface area (Å²) >= 11 is 1.28. The number of aliphatic hydroxyl groups is 1. The van der Waals surface area contributed by atoms with Crippen LogP contribution in [0.25, 0.3) is 0 Å². The minimum Gasteiger partial charge on any atom is -0.494 e. The van der Waals surface area contributed by atoms with E-state index in [1.165, 1.54) is 23.9 Å². The number of ether oxygens (including phenoxy) is 1. The molecule has 2 aromatic rings. The minimum atomic E-state index is -0.454. The van der Waals surface area contributed by atoms with E-state index in [0.717, 1.165) is 0 Å². The molecular weight excluding hydrogens is 294 g/mol. The van der Waals surface area contributed by atoms with Gasteiger partial charge < -0.3 is 14.4 Å². The lowest BCUT2D eigenvalue weighted by Gasteiger charge is -2.07. The molecule has 1 aromatic carbocycles. The summed E-state index contributed by atoms with van der Waals surface area (Å²) in [5.41, 5.74) is 0.646. The molecule has 0 bridgehead atoms. The summed E-state index contributed by atoms with van der Waals surface area (Å²) in [5.74, 6) is 0.450. The molecule has 1 aromatic heterocycles. The van der Waals surface area contributed by atoms with Gasteiger partial charge in [-0.05, 0) is 13.0 Å². The van der Waals surface area contributed by atoms with Gasteiger partial charge in [0.25, 0.3) is 5.69 Å². The predicted octanol–water partition coefficient (Wildman–Crippen LogP) is 2.37. The van der Waals surface area contributed by atoms with Crippen LogP contribution in [-0.2, 0) is 13.7 Å². The number of aliphatic hydroxyl groups excluding tert-OH is 1. The van der Waals surface area contributed by atoms with Crippen molar-refractivity contribution in [3.05, 3.63) is 40.2 Å². The average Bonchev–Trinajstić information content (AvgIpc) is 2.79. The van der Waals surface area contributed by atoms with Gasteiger partial charge in [-0.1, -0.05) is 11.8 Å². The summed E-state index contributed by atoms with van der Waals surface area (Å²) in [6, 6.07) is 4.60. The van der Waals surface area contributed by atoms with Gasteiger partial charge in [-0.2, -0.15) is 0 Å². The monoisotopic (exact) mass is 309 g/mol. The van der Waals surface area contributed by atoms with E-state index in [4.69, 9.17) is 9.84 Å². The van der Waals surface area contributed by atoms with Crippen molar-refractivity contribution in [2.24, 2.45) is 7.05 Å². The lowest BCUT2D eigenvalue weighted by atomic mass is 10.3. The number of hydrogen-bond acceptors (Lipinski definition) is 6. The number of nitro groups is 1. The number of rotatable bonds is 6. The lowest BCUT2D eigenvalue weighted by Crippen LogP contribution is -1.98. The zero-order valence-corrected chi connectivity index (χ0v) is 12.5. The highest BCUT2D eigenvalue weighted by Crippen LogP contribution is 2.33. The summed E-state index contributed by atoms with van der Waals surface area (Å²) in [6.07, 6.45) is 1.57. The van der Waals surface area contributed by atoms with Gasteiger partial charge in [-0.3, -0.25) is 10.1 Å². The van der Waals surface area contributed by atoms with E-state index in [0.29, 0.717) is 28.1 Å². The molecule has 1 heterocycles. The van der Waals surface area contributed by atoms with Gasteiger partial charge >= 0.3 is 0 Å². The maximum absolute atomic E-state index is 11.0. The van der Waals surface area contributed by atoms with E-state index >= 15 is 0 Å². The maximum atomic E-state index is 11.0. The summed E-state index contributed by atoms with van der Waals surface area (Å²) in [6.45, 7) is 2.14. The Hall–Kier alpha value is -2.06. The van der Waals surface area contributed by atoms with Crippen molar-refractivity contribution in [2.45, 2.75) is 23.6 Å². The van der Waals surface area contributed by atoms with Gasteiger partial charge in [-0.25, -0.2) is 4.98 Å². The molecule has 0 aliphatic carbocycles. The highest BCUT2D eigenvalue weighted by Gasteiger charge is 2.14. The SMILES string of the molecule is CCOc1cc(Sc2ncc(CO)n2C)cc([N+](=O)[O-])c1. The zero-order chi connectivity index (χ0) is 15.4. The fourth-order valence-electron chi connectivity index (χ4n) is 1.74. The third-order valence-electron chi connectivity index (χ3n) is 2.80. The molecule has 7 nitrogen and oxygen atoms in total. The van der Waals surface area contributed by atoms with E-state index in [-0.39, 0.29) is 12.3 Å². The fourth-order valence-corrected chi connectivity index (χ4v) is 2.67. The molecule has 21 heavy (non-hydrogen) atoms. The van der Waals surface area contributed by atoms with Crippen molar-refractivity contribution in [3.8, 4) is 5.75 Å². The van der Waals surface area contributed by atoms with Crippen LogP contribution in [0.5, 0.6) is 5.75 Å². The molecule has 8 heteroatoms. The number of nitro benzene ring substituents is 1. The Balaban J connectivity index is 2.33. The van der Waals surface area contributed by atoms with Crippen LogP contribution in [0.1, 0.15) is 12.6 Å². The first-order valence-corrected chi connectivity index (χ1v) is 7.08. The first-order valence-electron chi connectivity index (χ1n) is 6.26. The molecular formula is C13H15N3O4S. The number of nitrogens with zero attached hydrogens (tertiary/aromatic N) is 3. The first kappa shape index (κ1) is 15.3. The lowest BCUT2D eigenvalue weighted by molar-refractivity contribution is -0.385. The molecule has 0 saturated carbocycles. The topological polar surface area (TPSA) is 90.4 Å². The summed E-state index contributed by atoms with van der Waals surface area (Å²) in [5, 5.41) is 20.8. The van der Waals surface area contributed by atoms with Crippen LogP contribution < -0.4 is 4.74 Å². The maximum Gasteiger partial charge on any atom is 0.274 e. The third kappa shape index (κ3) is 3.53. The standard InChI is InChI=1S/C13H15N3O4S/c1-3-20-11-4-9(16(18)19)5-12(6-11)21-13-14-7-10(8-17)15(13)2/h4-7,17H,3,8H2,1-2H3. The van der Waals surface area contributed by atoms with Crippen LogP contribution in [0.3, 0.4) is 0 Å². The minimum absolute atomic E-state index is 0.0277. The Kier molecular flexibility index (Phi) is 4.81. The second kappa shape index (κ2) is 6.59. The van der Waals surface area contributed by atoms with Gasteiger partial charge in [0.2, 0.25) is 0 Å². The van der Waals surface area contributed by atoms with Crippen LogP contribution in [0.2, 0.25) is 0 Å². The third-order valence-corrected chi connectivity index (χ3v) is 3.83. The normalized spacial score (nSPS) is 10.6. The number of non-ortho nitro benzene ring substituents is 1. The van der Waals surface area contributed by atoms with Crippen molar-refractivity contribution in [2.75, 3.05) is 6.61 Å². The van der Waals surface area contributed by atoms with Gasteiger partial charge in [0.1, 0.15) is 5.75 Å². The molecule has 0 unspecified atom stereocenters. The van der Waals surface area contributed by atoms with Crippen molar-refractivity contribution in [1.82, 2.24) is 9.55 Å². The Morgan fingerprint density at radius 3 is 2.81 bits per heavy atom. The Labute approximate surface area is 125 Å². The largest absolute Gasteiger partial charge is 0.494 e. The van der Waals surface area contributed by atoms with E-state index in [2.05, 4.69) is 4.98 Å². The summed E-state index contributed by atoms with van der Waals surface area (Å²) in [4.78, 5) is 15.4. The van der Waals surface area contributed by atoms with E-state index in [1.54, 1.807) is 23.9 Å². The number of aromatic nitrogens is 2. The number of benzene rings is 1. The molecule has 0 fully saturated rings. The second-order valence-corrected chi connectivity index (χ2v) is 5.24. The van der Waals surface area contributed by atoms with E-state index < -0.39 is 4.92 Å². The number of imidazole rings is 1. The first-order chi connectivity index (χ1) is 10.0. The highest BCUT2D eigenvalue weighted by atomic mass is 32.2. The molecule has 2 rings (SSSR count). The Bertz CT molecular complexity index is 657. The van der Waals surface area contributed by atoms with E-state index in [1.807, 2.05) is 6.92 Å². The van der Waals surface area contributed by atoms with Gasteiger partial charge in [0, 0.05) is 18.0 Å². The molecule has 1 N–H and O–H groups in total. The van der Waals surface area contributed by atoms with Gasteiger partial charge in [0.05, 0.1) is 36.1 Å². The Morgan fingerprint density at radius 2 is 2.24 bits per heavy atom. The van der Waals surface area contributed by atoms with Crippen molar-refractivity contribution < 1.29 is 14.8 Å². The summed E-state index contributed by atoms with van der Waals surface area (Å²) in [7, 11) is 1.78. The van der Waals surface area contributed by atoms with Gasteiger partial charge in [-0.15, -0.1) is 0 Å². The Morgan fingerprint density at radius 1 is 1.48 bits per heavy atom. The fraction of sp³-hybridized carbons (Fsp3) is 0.308. The number of hydrogen-bond donors (Lipinski definition) is 1. The molecule has 0 amide bonds. The molecule has 0 spiro atoms. The van der Waals surface area contributed by atoms with Crippen LogP contribution >= 0.6 is 11.8 Å². The van der Waals surface area contributed by atoms with Crippen LogP contribution in [-0.4, -0.2) is 26.2 Å². The van der Waals surface area contributed by atoms with Crippen molar-refractivity contribution in [3.63, 3.8) is 0 Å². The van der Waals surface area contributed by atoms with Crippen molar-refractivity contribution in [1.29, 1.82) is 0 Å². The smallest absolute Gasteiger partial charge is 0.274 e. The predicted molar refractivity (Wildman–Crippen MR) is 77.5 cm³/mol. The van der Waals surface area contributed by atoms with Crippen LogP contribution in [0.4, 0.5) is 5.69 Å². The highest BCUT2D eigenvalue weighted by molar-refractivity contribution is 7.99. The van der Waals surface area contributed by atoms with Crippen LogP contribution in [0.15, 0.2) is 34.4 Å². The quantitative estimate of drug-likeness (QED) is 0.651. The van der Waals surface area contributed by atoms with E-state index in [9.17, 15) is 10.1 Å². The summed E-state index contributed by atoms with van der Waals surface area (Å²) < 4.78 is 7.09. The zero-order valence-electron chi connectivity index (χ0n) is 11.6. The molecule has 0 saturated heterocycles. The second-order valence-electron chi connectivity index (χ2n) is 4.20. The molecule has 0 atom stereocenters. The van der Waals surface area contributed by atoms with Gasteiger partial charge in [0.15, 0.2) is 5.16 Å². The average molecular weight is 309 g/mol. The van der Waals surface area contributed by atoms with Crippen LogP contribution in [0, 0.1) is 10.1 Å². The molecule has 0 aliphatic rings. The molecule has 112 valence electrons. The van der Waals surface area contributed by atoms with Crippen molar-refractivity contribution >= 4 is 17.4 Å².